The molecule has 1 aromatic heterocycles. The van der Waals surface area contributed by atoms with E-state index >= 15 is 0 Å². The van der Waals surface area contributed by atoms with Gasteiger partial charge >= 0.3 is 5.97 Å². The fraction of sp³-hybridized carbons (Fsp3) is 0.0833. The second-order valence-corrected chi connectivity index (χ2v) is 3.38. The Morgan fingerprint density at radius 2 is 2.00 bits per heavy atom. The zero-order chi connectivity index (χ0) is 13.0. The van der Waals surface area contributed by atoms with Crippen molar-refractivity contribution in [3.63, 3.8) is 0 Å². The van der Waals surface area contributed by atoms with Crippen molar-refractivity contribution in [1.29, 1.82) is 0 Å². The van der Waals surface area contributed by atoms with E-state index in [0.29, 0.717) is 11.4 Å². The predicted octanol–water partition coefficient (Wildman–Crippen LogP) is 1.93. The molecule has 6 heteroatoms. The number of ether oxygens (including phenoxy) is 1. The lowest BCUT2D eigenvalue weighted by Crippen LogP contribution is -2.07. The molecule has 1 aromatic carbocycles. The number of aromatic nitrogens is 2. The summed E-state index contributed by atoms with van der Waals surface area (Å²) < 4.78 is 5.16. The molecule has 92 valence electrons. The average Bonchev–Trinajstić information content (AvgIpc) is 2.40. The van der Waals surface area contributed by atoms with E-state index in [9.17, 15) is 4.79 Å². The molecule has 2 rings (SSSR count). The van der Waals surface area contributed by atoms with Gasteiger partial charge < -0.3 is 15.2 Å². The van der Waals surface area contributed by atoms with Crippen LogP contribution in [-0.2, 0) is 0 Å². The molecule has 0 amide bonds. The second-order valence-electron chi connectivity index (χ2n) is 3.38. The lowest BCUT2D eigenvalue weighted by Gasteiger charge is -2.10. The molecule has 0 unspecified atom stereocenters. The molecule has 0 aliphatic rings. The van der Waals surface area contributed by atoms with E-state index in [1.807, 2.05) is 12.1 Å². The normalized spacial score (nSPS) is 9.83. The van der Waals surface area contributed by atoms with Crippen LogP contribution in [0.2, 0.25) is 0 Å². The number of aromatic carboxylic acids is 1. The van der Waals surface area contributed by atoms with E-state index in [1.165, 1.54) is 19.5 Å². The Morgan fingerprint density at radius 1 is 1.28 bits per heavy atom. The molecule has 0 aliphatic carbocycles. The van der Waals surface area contributed by atoms with Gasteiger partial charge in [0.1, 0.15) is 5.75 Å². The lowest BCUT2D eigenvalue weighted by atomic mass is 10.3. The van der Waals surface area contributed by atoms with Crippen molar-refractivity contribution < 1.29 is 14.6 Å². The van der Waals surface area contributed by atoms with Gasteiger partial charge in [-0.1, -0.05) is 12.1 Å². The van der Waals surface area contributed by atoms with E-state index in [2.05, 4.69) is 15.3 Å². The predicted molar refractivity (Wildman–Crippen MR) is 65.3 cm³/mol. The van der Waals surface area contributed by atoms with Gasteiger partial charge in [-0.05, 0) is 12.1 Å². The van der Waals surface area contributed by atoms with Crippen LogP contribution in [0, 0.1) is 0 Å². The maximum Gasteiger partial charge on any atom is 0.358 e. The zero-order valence-corrected chi connectivity index (χ0v) is 9.62. The Balaban J connectivity index is 2.37. The summed E-state index contributed by atoms with van der Waals surface area (Å²) >= 11 is 0. The number of hydrogen-bond donors (Lipinski definition) is 2. The summed E-state index contributed by atoms with van der Waals surface area (Å²) in [6.45, 7) is 0. The molecule has 0 spiro atoms. The van der Waals surface area contributed by atoms with Crippen molar-refractivity contribution >= 4 is 17.5 Å². The van der Waals surface area contributed by atoms with Gasteiger partial charge in [-0.15, -0.1) is 0 Å². The van der Waals surface area contributed by atoms with Crippen LogP contribution in [0.1, 0.15) is 10.5 Å². The van der Waals surface area contributed by atoms with Crippen LogP contribution in [-0.4, -0.2) is 28.2 Å². The van der Waals surface area contributed by atoms with Crippen molar-refractivity contribution in [3.8, 4) is 5.75 Å². The molecule has 0 saturated heterocycles. The minimum absolute atomic E-state index is 0.136. The second kappa shape index (κ2) is 5.13. The third-order valence-corrected chi connectivity index (χ3v) is 2.26. The first-order chi connectivity index (χ1) is 8.72. The number of carbonyl (C=O) groups is 1. The van der Waals surface area contributed by atoms with Crippen LogP contribution in [0.3, 0.4) is 0 Å². The van der Waals surface area contributed by atoms with Crippen LogP contribution in [0.5, 0.6) is 5.75 Å². The first-order valence-electron chi connectivity index (χ1n) is 5.16. The van der Waals surface area contributed by atoms with Gasteiger partial charge in [0.2, 0.25) is 0 Å². The van der Waals surface area contributed by atoms with Gasteiger partial charge in [0.25, 0.3) is 0 Å². The monoisotopic (exact) mass is 245 g/mol. The summed E-state index contributed by atoms with van der Waals surface area (Å²) in [5.41, 5.74) is 0.492. The van der Waals surface area contributed by atoms with Crippen LogP contribution in [0.25, 0.3) is 0 Å². The molecule has 0 bridgehead atoms. The maximum absolute atomic E-state index is 11.0. The van der Waals surface area contributed by atoms with E-state index in [1.54, 1.807) is 12.1 Å². The molecule has 0 fully saturated rings. The van der Waals surface area contributed by atoms with Crippen LogP contribution < -0.4 is 10.1 Å². The highest BCUT2D eigenvalue weighted by Gasteiger charge is 2.13. The van der Waals surface area contributed by atoms with Gasteiger partial charge in [-0.25, -0.2) is 14.8 Å². The van der Waals surface area contributed by atoms with Crippen molar-refractivity contribution in [2.45, 2.75) is 0 Å². The van der Waals surface area contributed by atoms with E-state index in [4.69, 9.17) is 9.84 Å². The number of anilines is 2. The van der Waals surface area contributed by atoms with Gasteiger partial charge in [0.05, 0.1) is 12.8 Å². The molecule has 2 N–H and O–H groups in total. The highest BCUT2D eigenvalue weighted by Crippen LogP contribution is 2.26. The first kappa shape index (κ1) is 11.8. The Morgan fingerprint density at radius 3 is 2.72 bits per heavy atom. The van der Waals surface area contributed by atoms with Crippen LogP contribution in [0.15, 0.2) is 36.7 Å². The Bertz CT molecular complexity index is 572. The minimum Gasteiger partial charge on any atom is -0.495 e. The summed E-state index contributed by atoms with van der Waals surface area (Å²) in [6.07, 6.45) is 2.75. The number of nitrogens with one attached hydrogen (secondary N) is 1. The molecule has 1 heterocycles. The summed E-state index contributed by atoms with van der Waals surface area (Å²) in [4.78, 5) is 18.7. The fourth-order valence-electron chi connectivity index (χ4n) is 1.46. The number of hydrogen-bond acceptors (Lipinski definition) is 5. The molecule has 0 aliphatic heterocycles. The van der Waals surface area contributed by atoms with Gasteiger partial charge in [0, 0.05) is 12.4 Å². The van der Waals surface area contributed by atoms with Crippen molar-refractivity contribution in [1.82, 2.24) is 9.97 Å². The summed E-state index contributed by atoms with van der Waals surface area (Å²) in [5, 5.41) is 11.9. The Hall–Kier alpha value is -2.63. The number of nitrogens with zero attached hydrogens (tertiary/aromatic N) is 2. The average molecular weight is 245 g/mol. The molecule has 18 heavy (non-hydrogen) atoms. The smallest absolute Gasteiger partial charge is 0.358 e. The highest BCUT2D eigenvalue weighted by molar-refractivity contribution is 5.91. The maximum atomic E-state index is 11.0. The number of carboxylic acid groups (broad SMARTS) is 1. The third kappa shape index (κ3) is 2.37. The highest BCUT2D eigenvalue weighted by atomic mass is 16.5. The molecule has 0 atom stereocenters. The molecule has 0 radical (unpaired) electrons. The van der Waals surface area contributed by atoms with Crippen molar-refractivity contribution in [3.05, 3.63) is 42.4 Å². The molecule has 0 saturated carbocycles. The molecular formula is C12H11N3O3. The quantitative estimate of drug-likeness (QED) is 0.856. The summed E-state index contributed by atoms with van der Waals surface area (Å²) in [6, 6.07) is 7.15. The molecular weight excluding hydrogens is 234 g/mol. The minimum atomic E-state index is -1.14. The summed E-state index contributed by atoms with van der Waals surface area (Å²) in [7, 11) is 1.54. The lowest BCUT2D eigenvalue weighted by molar-refractivity contribution is 0.0691. The van der Waals surface area contributed by atoms with Gasteiger partial charge in [0.15, 0.2) is 11.5 Å². The van der Waals surface area contributed by atoms with E-state index in [0.717, 1.165) is 0 Å². The standard InChI is InChI=1S/C12H11N3O3/c1-18-9-5-3-2-4-8(9)15-11-10(12(16)17)13-6-7-14-11/h2-7H,1H3,(H,14,15)(H,16,17). The van der Waals surface area contributed by atoms with E-state index in [-0.39, 0.29) is 11.5 Å². The van der Waals surface area contributed by atoms with Crippen molar-refractivity contribution in [2.24, 2.45) is 0 Å². The number of carboxylic acids is 1. The van der Waals surface area contributed by atoms with Gasteiger partial charge in [-0.3, -0.25) is 0 Å². The number of para-hydroxylation sites is 2. The molecule has 2 aromatic rings. The third-order valence-electron chi connectivity index (χ3n) is 2.26. The Labute approximate surface area is 103 Å². The fourth-order valence-corrected chi connectivity index (χ4v) is 1.46. The first-order valence-corrected chi connectivity index (χ1v) is 5.16. The number of rotatable bonds is 4. The number of methoxy groups -OCH3 is 1. The SMILES string of the molecule is COc1ccccc1Nc1nccnc1C(=O)O. The Kier molecular flexibility index (Phi) is 3.38. The largest absolute Gasteiger partial charge is 0.495 e. The van der Waals surface area contributed by atoms with Crippen molar-refractivity contribution in [2.75, 3.05) is 12.4 Å². The van der Waals surface area contributed by atoms with Crippen LogP contribution >= 0.6 is 0 Å². The molecule has 6 nitrogen and oxygen atoms in total. The number of benzene rings is 1. The topological polar surface area (TPSA) is 84.3 Å². The van der Waals surface area contributed by atoms with Gasteiger partial charge in [-0.2, -0.15) is 0 Å². The summed E-state index contributed by atoms with van der Waals surface area (Å²) in [5.74, 6) is -0.366. The van der Waals surface area contributed by atoms with E-state index < -0.39 is 5.97 Å². The van der Waals surface area contributed by atoms with Crippen LogP contribution in [0.4, 0.5) is 11.5 Å². The zero-order valence-electron chi connectivity index (χ0n) is 9.62.